The minimum Gasteiger partial charge on any atom is -0.369 e. The summed E-state index contributed by atoms with van der Waals surface area (Å²) >= 11 is 0. The Morgan fingerprint density at radius 1 is 1.55 bits per heavy atom. The van der Waals surface area contributed by atoms with Crippen LogP contribution in [0.2, 0.25) is 0 Å². The Morgan fingerprint density at radius 3 is 3.27 bits per heavy atom. The van der Waals surface area contributed by atoms with Crippen molar-refractivity contribution in [3.63, 3.8) is 0 Å². The van der Waals surface area contributed by atoms with Gasteiger partial charge in [0.1, 0.15) is 5.82 Å². The average molecular weight is 145 g/mol. The summed E-state index contributed by atoms with van der Waals surface area (Å²) in [4.78, 5) is 4.16. The van der Waals surface area contributed by atoms with E-state index in [2.05, 4.69) is 22.6 Å². The number of hydrogen-bond acceptors (Lipinski definition) is 2. The normalized spacial score (nSPS) is 22.9. The summed E-state index contributed by atoms with van der Waals surface area (Å²) < 4.78 is 0. The zero-order chi connectivity index (χ0) is 7.31. The number of rotatable bonds is 0. The van der Waals surface area contributed by atoms with Gasteiger partial charge in [0.2, 0.25) is 0 Å². The van der Waals surface area contributed by atoms with E-state index in [0.29, 0.717) is 5.41 Å². The van der Waals surface area contributed by atoms with Crippen LogP contribution in [0, 0.1) is 6.20 Å². The van der Waals surface area contributed by atoms with Crippen molar-refractivity contribution < 1.29 is 0 Å². The van der Waals surface area contributed by atoms with Gasteiger partial charge in [0, 0.05) is 17.5 Å². The van der Waals surface area contributed by atoms with Crippen LogP contribution in [-0.2, 0) is 5.41 Å². The SMILES string of the molecule is [c]1ccc2c(n1)NCC21CC1. The molecule has 1 N–H and O–H groups in total. The van der Waals surface area contributed by atoms with Crippen molar-refractivity contribution in [1.29, 1.82) is 0 Å². The van der Waals surface area contributed by atoms with E-state index in [0.717, 1.165) is 12.4 Å². The van der Waals surface area contributed by atoms with Gasteiger partial charge in [-0.15, -0.1) is 0 Å². The number of fused-ring (bicyclic) bond motifs is 2. The molecule has 1 radical (unpaired) electrons. The summed E-state index contributed by atoms with van der Waals surface area (Å²) in [6.45, 7) is 1.09. The van der Waals surface area contributed by atoms with Gasteiger partial charge in [0.25, 0.3) is 0 Å². The third-order valence-corrected chi connectivity index (χ3v) is 2.78. The predicted molar refractivity (Wildman–Crippen MR) is 42.5 cm³/mol. The topological polar surface area (TPSA) is 24.9 Å². The van der Waals surface area contributed by atoms with Crippen LogP contribution < -0.4 is 5.32 Å². The first-order valence-electron chi connectivity index (χ1n) is 4.02. The largest absolute Gasteiger partial charge is 0.369 e. The van der Waals surface area contributed by atoms with E-state index in [9.17, 15) is 0 Å². The molecule has 0 amide bonds. The van der Waals surface area contributed by atoms with Crippen LogP contribution in [0.5, 0.6) is 0 Å². The van der Waals surface area contributed by atoms with Crippen LogP contribution in [-0.4, -0.2) is 11.5 Å². The van der Waals surface area contributed by atoms with E-state index in [1.807, 2.05) is 6.07 Å². The maximum Gasteiger partial charge on any atom is 0.130 e. The Kier molecular flexibility index (Phi) is 0.799. The fraction of sp³-hybridized carbons (Fsp3) is 0.444. The lowest BCUT2D eigenvalue weighted by Gasteiger charge is -2.02. The third-order valence-electron chi connectivity index (χ3n) is 2.78. The highest BCUT2D eigenvalue weighted by molar-refractivity contribution is 5.57. The molecule has 1 aromatic rings. The standard InChI is InChI=1S/C9H9N2/c1-2-7-8(10-5-1)11-6-9(7)3-4-9/h1-2H,3-4,6H2,(H,10,11). The quantitative estimate of drug-likeness (QED) is 0.596. The second-order valence-electron chi connectivity index (χ2n) is 3.47. The monoisotopic (exact) mass is 145 g/mol. The summed E-state index contributed by atoms with van der Waals surface area (Å²) in [5, 5.41) is 3.31. The Labute approximate surface area is 65.6 Å². The van der Waals surface area contributed by atoms with Crippen molar-refractivity contribution >= 4 is 5.82 Å². The first kappa shape index (κ1) is 5.58. The third kappa shape index (κ3) is 0.595. The molecule has 1 aromatic heterocycles. The van der Waals surface area contributed by atoms with Crippen molar-refractivity contribution in [2.75, 3.05) is 11.9 Å². The Morgan fingerprint density at radius 2 is 2.45 bits per heavy atom. The Balaban J connectivity index is 2.21. The highest BCUT2D eigenvalue weighted by atomic mass is 15.0. The summed E-state index contributed by atoms with van der Waals surface area (Å²) in [5.74, 6) is 1.06. The summed E-state index contributed by atoms with van der Waals surface area (Å²) in [6, 6.07) is 4.06. The first-order valence-corrected chi connectivity index (χ1v) is 4.02. The Bertz CT molecular complexity index is 302. The molecule has 1 saturated carbocycles. The zero-order valence-corrected chi connectivity index (χ0v) is 6.22. The molecule has 0 atom stereocenters. The van der Waals surface area contributed by atoms with Crippen LogP contribution in [0.25, 0.3) is 0 Å². The molecule has 2 heterocycles. The Hall–Kier alpha value is -1.05. The maximum absolute atomic E-state index is 4.16. The van der Waals surface area contributed by atoms with E-state index >= 15 is 0 Å². The van der Waals surface area contributed by atoms with Crippen molar-refractivity contribution in [3.05, 3.63) is 23.9 Å². The van der Waals surface area contributed by atoms with Crippen LogP contribution >= 0.6 is 0 Å². The van der Waals surface area contributed by atoms with E-state index in [4.69, 9.17) is 0 Å². The first-order chi connectivity index (χ1) is 5.41. The number of nitrogens with zero attached hydrogens (tertiary/aromatic N) is 1. The lowest BCUT2D eigenvalue weighted by Crippen LogP contribution is -2.07. The molecule has 1 spiro atoms. The molecule has 2 heteroatoms. The van der Waals surface area contributed by atoms with E-state index in [1.165, 1.54) is 18.4 Å². The van der Waals surface area contributed by atoms with Gasteiger partial charge in [-0.2, -0.15) is 0 Å². The molecule has 11 heavy (non-hydrogen) atoms. The maximum atomic E-state index is 4.16. The highest BCUT2D eigenvalue weighted by Gasteiger charge is 2.49. The van der Waals surface area contributed by atoms with E-state index in [1.54, 1.807) is 0 Å². The zero-order valence-electron chi connectivity index (χ0n) is 6.22. The van der Waals surface area contributed by atoms with Gasteiger partial charge in [-0.25, -0.2) is 4.98 Å². The van der Waals surface area contributed by atoms with Gasteiger partial charge in [-0.05, 0) is 18.9 Å². The van der Waals surface area contributed by atoms with Crippen LogP contribution in [0.15, 0.2) is 12.1 Å². The summed E-state index contributed by atoms with van der Waals surface area (Å²) in [5.41, 5.74) is 1.90. The number of nitrogens with one attached hydrogen (secondary N) is 1. The van der Waals surface area contributed by atoms with Gasteiger partial charge >= 0.3 is 0 Å². The molecule has 0 aromatic carbocycles. The van der Waals surface area contributed by atoms with E-state index in [-0.39, 0.29) is 0 Å². The summed E-state index contributed by atoms with van der Waals surface area (Å²) in [7, 11) is 0. The van der Waals surface area contributed by atoms with Gasteiger partial charge in [-0.3, -0.25) is 0 Å². The van der Waals surface area contributed by atoms with Crippen molar-refractivity contribution in [2.45, 2.75) is 18.3 Å². The van der Waals surface area contributed by atoms with Gasteiger partial charge in [0.05, 0.1) is 6.20 Å². The molecular formula is C9H9N2. The minimum absolute atomic E-state index is 0.484. The lowest BCUT2D eigenvalue weighted by molar-refractivity contribution is 0.777. The van der Waals surface area contributed by atoms with Gasteiger partial charge in [0.15, 0.2) is 0 Å². The van der Waals surface area contributed by atoms with Crippen LogP contribution in [0.1, 0.15) is 18.4 Å². The number of anilines is 1. The van der Waals surface area contributed by atoms with Crippen molar-refractivity contribution in [2.24, 2.45) is 0 Å². The van der Waals surface area contributed by atoms with Crippen LogP contribution in [0.3, 0.4) is 0 Å². The molecule has 1 aliphatic heterocycles. The molecule has 0 saturated heterocycles. The van der Waals surface area contributed by atoms with Gasteiger partial charge < -0.3 is 5.32 Å². The molecule has 2 aliphatic rings. The fourth-order valence-corrected chi connectivity index (χ4v) is 1.87. The minimum atomic E-state index is 0.484. The van der Waals surface area contributed by atoms with Crippen molar-refractivity contribution in [1.82, 2.24) is 4.98 Å². The molecule has 1 fully saturated rings. The van der Waals surface area contributed by atoms with Gasteiger partial charge in [-0.1, -0.05) is 6.07 Å². The molecule has 55 valence electrons. The van der Waals surface area contributed by atoms with Crippen LogP contribution in [0.4, 0.5) is 5.82 Å². The predicted octanol–water partition coefficient (Wildman–Crippen LogP) is 1.34. The summed E-state index contributed by atoms with van der Waals surface area (Å²) in [6.07, 6.45) is 5.51. The number of aromatic nitrogens is 1. The van der Waals surface area contributed by atoms with E-state index < -0.39 is 0 Å². The fourth-order valence-electron chi connectivity index (χ4n) is 1.87. The second-order valence-corrected chi connectivity index (χ2v) is 3.47. The van der Waals surface area contributed by atoms with Crippen molar-refractivity contribution in [3.8, 4) is 0 Å². The molecular weight excluding hydrogens is 136 g/mol. The second kappa shape index (κ2) is 1.58. The highest BCUT2D eigenvalue weighted by Crippen LogP contribution is 2.53. The smallest absolute Gasteiger partial charge is 0.130 e. The number of pyridine rings is 1. The molecule has 0 bridgehead atoms. The lowest BCUT2D eigenvalue weighted by atomic mass is 10.0. The molecule has 3 rings (SSSR count). The molecule has 1 aliphatic carbocycles. The number of hydrogen-bond donors (Lipinski definition) is 1. The average Bonchev–Trinajstić information content (AvgIpc) is 2.72. The molecule has 0 unspecified atom stereocenters. The molecule has 2 nitrogen and oxygen atoms in total.